The van der Waals surface area contributed by atoms with Crippen LogP contribution in [-0.4, -0.2) is 39.0 Å². The summed E-state index contributed by atoms with van der Waals surface area (Å²) in [6, 6.07) is 88.4. The molecule has 4 heterocycles. The highest BCUT2D eigenvalue weighted by Crippen LogP contribution is 2.44. The van der Waals surface area contributed by atoms with E-state index < -0.39 is 0 Å². The van der Waals surface area contributed by atoms with Crippen molar-refractivity contribution in [2.75, 3.05) is 0 Å². The van der Waals surface area contributed by atoms with Gasteiger partial charge in [-0.05, 0) is 60.7 Å². The van der Waals surface area contributed by atoms with Crippen molar-refractivity contribution in [1.82, 2.24) is 39.0 Å². The Morgan fingerprint density at radius 3 is 0.703 bits per heavy atom. The lowest BCUT2D eigenvalue weighted by molar-refractivity contribution is 1.07. The summed E-state index contributed by atoms with van der Waals surface area (Å²) in [6.45, 7) is 0. The summed E-state index contributed by atoms with van der Waals surface area (Å²) in [5, 5.41) is 4.66. The first-order valence-corrected chi connectivity index (χ1v) is 24.7. The number of fused-ring (bicyclic) bond motifs is 6. The average molecular weight is 947 g/mol. The van der Waals surface area contributed by atoms with E-state index in [2.05, 4.69) is 143 Å². The van der Waals surface area contributed by atoms with E-state index in [1.807, 2.05) is 121 Å². The van der Waals surface area contributed by atoms with Gasteiger partial charge in [0.2, 0.25) is 0 Å². The molecule has 0 amide bonds. The molecule has 8 nitrogen and oxygen atoms in total. The van der Waals surface area contributed by atoms with E-state index in [0.717, 1.165) is 77.9 Å². The summed E-state index contributed by atoms with van der Waals surface area (Å²) >= 11 is 0. The maximum atomic E-state index is 5.26. The highest BCUT2D eigenvalue weighted by atomic mass is 15.1. The molecular formula is C66H42N8. The Morgan fingerprint density at radius 2 is 0.432 bits per heavy atom. The normalized spacial score (nSPS) is 11.5. The first-order chi connectivity index (χ1) is 36.7. The molecule has 0 saturated carbocycles. The molecule has 0 fully saturated rings. The lowest BCUT2D eigenvalue weighted by Gasteiger charge is -2.20. The molecule has 14 aromatic rings. The zero-order chi connectivity index (χ0) is 49.0. The zero-order valence-electron chi connectivity index (χ0n) is 39.8. The molecule has 0 aliphatic carbocycles. The van der Waals surface area contributed by atoms with Crippen LogP contribution < -0.4 is 0 Å². The highest BCUT2D eigenvalue weighted by Gasteiger charge is 2.24. The Kier molecular flexibility index (Phi) is 10.3. The summed E-state index contributed by atoms with van der Waals surface area (Å²) in [4.78, 5) is 31.2. The van der Waals surface area contributed by atoms with Crippen LogP contribution in [0.3, 0.4) is 0 Å². The maximum Gasteiger partial charge on any atom is 0.164 e. The topological polar surface area (TPSA) is 87.2 Å². The molecule has 0 aliphatic heterocycles. The van der Waals surface area contributed by atoms with E-state index in [9.17, 15) is 0 Å². The van der Waals surface area contributed by atoms with Gasteiger partial charge in [0.15, 0.2) is 34.9 Å². The van der Waals surface area contributed by atoms with E-state index in [1.165, 1.54) is 21.5 Å². The number of hydrogen-bond donors (Lipinski definition) is 0. The van der Waals surface area contributed by atoms with Crippen molar-refractivity contribution in [1.29, 1.82) is 0 Å². The van der Waals surface area contributed by atoms with Gasteiger partial charge >= 0.3 is 0 Å². The van der Waals surface area contributed by atoms with Crippen molar-refractivity contribution < 1.29 is 0 Å². The van der Waals surface area contributed by atoms with Gasteiger partial charge in [-0.3, -0.25) is 0 Å². The molecular weight excluding hydrogens is 905 g/mol. The lowest BCUT2D eigenvalue weighted by Crippen LogP contribution is -2.04. The SMILES string of the molecule is c1ccc(-c2nc(-c3ccccc3)nc(-c3ccc(-n4c5ccccc5c5ccccc54)c(-c4cc(-c5nc(-c6ccccc6)nc(-c6ccccc6)n5)ccc4-n4c5ccccc5c5ccccc54)c3)n2)cc1. The van der Waals surface area contributed by atoms with Crippen LogP contribution in [-0.2, 0) is 0 Å². The Labute approximate surface area is 426 Å². The molecule has 4 aromatic heterocycles. The molecule has 0 atom stereocenters. The Bertz CT molecular complexity index is 3910. The summed E-state index contributed by atoms with van der Waals surface area (Å²) in [5.74, 6) is 3.48. The van der Waals surface area contributed by atoms with Crippen molar-refractivity contribution >= 4 is 43.6 Å². The molecule has 14 rings (SSSR count). The lowest BCUT2D eigenvalue weighted by atomic mass is 9.96. The van der Waals surface area contributed by atoms with E-state index in [0.29, 0.717) is 34.9 Å². The van der Waals surface area contributed by atoms with Crippen molar-refractivity contribution in [2.45, 2.75) is 0 Å². The van der Waals surface area contributed by atoms with Crippen LogP contribution in [0.4, 0.5) is 0 Å². The minimum Gasteiger partial charge on any atom is -0.309 e. The fraction of sp³-hybridized carbons (Fsp3) is 0. The zero-order valence-corrected chi connectivity index (χ0v) is 39.8. The molecule has 74 heavy (non-hydrogen) atoms. The molecule has 8 heteroatoms. The Hall–Kier alpha value is -10.2. The number of rotatable bonds is 9. The summed E-state index contributed by atoms with van der Waals surface area (Å²) in [5.41, 5.74) is 13.5. The van der Waals surface area contributed by atoms with Gasteiger partial charge in [0.05, 0.1) is 33.4 Å². The molecule has 0 saturated heterocycles. The van der Waals surface area contributed by atoms with Crippen LogP contribution in [0.1, 0.15) is 0 Å². The molecule has 0 unspecified atom stereocenters. The molecule has 0 spiro atoms. The van der Waals surface area contributed by atoms with Gasteiger partial charge in [-0.15, -0.1) is 0 Å². The minimum absolute atomic E-state index is 0.555. The second-order valence-corrected chi connectivity index (χ2v) is 18.3. The van der Waals surface area contributed by atoms with Crippen molar-refractivity contribution in [3.8, 4) is 90.8 Å². The van der Waals surface area contributed by atoms with Gasteiger partial charge in [-0.2, -0.15) is 0 Å². The second kappa shape index (κ2) is 17.9. The maximum absolute atomic E-state index is 5.26. The average Bonchev–Trinajstić information content (AvgIpc) is 4.01. The van der Waals surface area contributed by atoms with E-state index in [-0.39, 0.29) is 0 Å². The number of para-hydroxylation sites is 4. The predicted molar refractivity (Wildman–Crippen MR) is 300 cm³/mol. The molecule has 346 valence electrons. The third-order valence-corrected chi connectivity index (χ3v) is 13.8. The van der Waals surface area contributed by atoms with Crippen LogP contribution in [0.15, 0.2) is 255 Å². The summed E-state index contributed by atoms with van der Waals surface area (Å²) in [6.07, 6.45) is 0. The van der Waals surface area contributed by atoms with Crippen molar-refractivity contribution in [3.63, 3.8) is 0 Å². The van der Waals surface area contributed by atoms with E-state index in [1.54, 1.807) is 0 Å². The van der Waals surface area contributed by atoms with Gasteiger partial charge in [-0.1, -0.05) is 194 Å². The summed E-state index contributed by atoms with van der Waals surface area (Å²) < 4.78 is 4.79. The smallest absolute Gasteiger partial charge is 0.164 e. The van der Waals surface area contributed by atoms with Crippen LogP contribution in [0.2, 0.25) is 0 Å². The third kappa shape index (κ3) is 7.40. The largest absolute Gasteiger partial charge is 0.309 e. The monoisotopic (exact) mass is 946 g/mol. The van der Waals surface area contributed by atoms with Crippen molar-refractivity contribution in [3.05, 3.63) is 255 Å². The highest BCUT2D eigenvalue weighted by molar-refractivity contribution is 6.11. The van der Waals surface area contributed by atoms with E-state index in [4.69, 9.17) is 29.9 Å². The molecule has 0 bridgehead atoms. The van der Waals surface area contributed by atoms with Crippen LogP contribution >= 0.6 is 0 Å². The first kappa shape index (κ1) is 42.7. The molecule has 0 N–H and O–H groups in total. The molecule has 0 aliphatic rings. The Morgan fingerprint density at radius 1 is 0.203 bits per heavy atom. The number of nitrogens with zero attached hydrogens (tertiary/aromatic N) is 8. The van der Waals surface area contributed by atoms with Gasteiger partial charge in [0.1, 0.15) is 0 Å². The Balaban J connectivity index is 1.10. The fourth-order valence-electron chi connectivity index (χ4n) is 10.4. The second-order valence-electron chi connectivity index (χ2n) is 18.3. The van der Waals surface area contributed by atoms with Crippen LogP contribution in [0.25, 0.3) is 134 Å². The van der Waals surface area contributed by atoms with Gasteiger partial charge in [0.25, 0.3) is 0 Å². The van der Waals surface area contributed by atoms with Crippen molar-refractivity contribution in [2.24, 2.45) is 0 Å². The number of hydrogen-bond acceptors (Lipinski definition) is 6. The minimum atomic E-state index is 0.555. The fourth-order valence-corrected chi connectivity index (χ4v) is 10.4. The third-order valence-electron chi connectivity index (χ3n) is 13.8. The summed E-state index contributed by atoms with van der Waals surface area (Å²) in [7, 11) is 0. The van der Waals surface area contributed by atoms with Gasteiger partial charge in [-0.25, -0.2) is 29.9 Å². The molecule has 10 aromatic carbocycles. The van der Waals surface area contributed by atoms with Crippen LogP contribution in [0.5, 0.6) is 0 Å². The molecule has 0 radical (unpaired) electrons. The van der Waals surface area contributed by atoms with E-state index >= 15 is 0 Å². The quantitative estimate of drug-likeness (QED) is 0.143. The van der Waals surface area contributed by atoms with Gasteiger partial charge < -0.3 is 9.13 Å². The number of aromatic nitrogens is 8. The number of benzene rings is 10. The van der Waals surface area contributed by atoms with Gasteiger partial charge in [0, 0.05) is 66.1 Å². The standard InChI is InChI=1S/C66H42N8/c1-5-21-43(22-6-1)61-67-62(44-23-7-2-8-24-44)70-65(69-61)47-37-39-59(73-55-33-17-13-29-49(55)50-30-14-18-34-56(50)73)53(41-47)54-42-48(38-40-60(54)74-57-35-19-15-31-51(57)52-32-16-20-36-58(52)74)66-71-63(45-25-9-3-10-26-45)68-64(72-66)46-27-11-4-12-28-46/h1-42H. The van der Waals surface area contributed by atoms with Crippen LogP contribution in [0, 0.1) is 0 Å². The first-order valence-electron chi connectivity index (χ1n) is 24.7. The predicted octanol–water partition coefficient (Wildman–Crippen LogP) is 15.9.